The zero-order valence-corrected chi connectivity index (χ0v) is 8.86. The van der Waals surface area contributed by atoms with Crippen LogP contribution in [0.4, 0.5) is 5.69 Å². The van der Waals surface area contributed by atoms with Gasteiger partial charge in [-0.15, -0.1) is 22.9 Å². The molecule has 4 heteroatoms. The summed E-state index contributed by atoms with van der Waals surface area (Å²) in [6.45, 7) is 0. The van der Waals surface area contributed by atoms with Crippen LogP contribution in [0.3, 0.4) is 0 Å². The van der Waals surface area contributed by atoms with E-state index in [4.69, 9.17) is 17.3 Å². The molecule has 0 unspecified atom stereocenters. The fourth-order valence-electron chi connectivity index (χ4n) is 1.49. The molecule has 0 radical (unpaired) electrons. The number of halogens is 1. The Hall–Kier alpha value is -1.06. The minimum absolute atomic E-state index is 0.417. The fraction of sp³-hybridized carbons (Fsp3) is 0.100. The molecule has 72 valence electrons. The Balaban J connectivity index is 2.88. The largest absolute Gasteiger partial charge is 0.398 e. The van der Waals surface area contributed by atoms with E-state index in [-0.39, 0.29) is 0 Å². The summed E-state index contributed by atoms with van der Waals surface area (Å²) in [6.07, 6.45) is 0.794. The molecule has 0 saturated carbocycles. The van der Waals surface area contributed by atoms with Crippen molar-refractivity contribution in [2.45, 2.75) is 5.88 Å². The Kier molecular flexibility index (Phi) is 2.44. The van der Waals surface area contributed by atoms with Crippen molar-refractivity contribution in [2.75, 3.05) is 5.73 Å². The number of thiophene rings is 1. The zero-order valence-electron chi connectivity index (χ0n) is 7.29. The number of alkyl halides is 1. The van der Waals surface area contributed by atoms with Gasteiger partial charge in [-0.3, -0.25) is 4.79 Å². The molecule has 2 aromatic rings. The summed E-state index contributed by atoms with van der Waals surface area (Å²) in [5, 5.41) is 2.84. The molecule has 0 bridgehead atoms. The molecule has 0 amide bonds. The number of anilines is 1. The smallest absolute Gasteiger partial charge is 0.152 e. The van der Waals surface area contributed by atoms with Gasteiger partial charge in [-0.2, -0.15) is 0 Å². The van der Waals surface area contributed by atoms with Gasteiger partial charge in [-0.25, -0.2) is 0 Å². The average molecular weight is 226 g/mol. The van der Waals surface area contributed by atoms with E-state index in [1.165, 1.54) is 0 Å². The van der Waals surface area contributed by atoms with Gasteiger partial charge in [-0.1, -0.05) is 0 Å². The summed E-state index contributed by atoms with van der Waals surface area (Å²) >= 11 is 7.37. The number of fused-ring (bicyclic) bond motifs is 1. The molecule has 0 spiro atoms. The molecule has 0 aliphatic rings. The second-order valence-corrected chi connectivity index (χ2v) is 4.14. The van der Waals surface area contributed by atoms with Crippen LogP contribution in [0.1, 0.15) is 15.9 Å². The van der Waals surface area contributed by atoms with Gasteiger partial charge in [0.1, 0.15) is 0 Å². The first-order valence-electron chi connectivity index (χ1n) is 4.07. The number of hydrogen-bond acceptors (Lipinski definition) is 3. The van der Waals surface area contributed by atoms with Crippen LogP contribution in [-0.4, -0.2) is 6.29 Å². The Morgan fingerprint density at radius 1 is 1.57 bits per heavy atom. The molecular weight excluding hydrogens is 218 g/mol. The molecule has 0 saturated heterocycles. The Bertz CT molecular complexity index is 492. The minimum Gasteiger partial charge on any atom is -0.398 e. The van der Waals surface area contributed by atoms with Gasteiger partial charge >= 0.3 is 0 Å². The van der Waals surface area contributed by atoms with E-state index in [0.717, 1.165) is 21.9 Å². The lowest BCUT2D eigenvalue weighted by Gasteiger charge is -2.04. The molecule has 1 aromatic heterocycles. The summed E-state index contributed by atoms with van der Waals surface area (Å²) in [5.41, 5.74) is 7.80. The zero-order chi connectivity index (χ0) is 10.1. The highest BCUT2D eigenvalue weighted by Crippen LogP contribution is 2.31. The number of aldehydes is 1. The van der Waals surface area contributed by atoms with Gasteiger partial charge in [-0.05, 0) is 23.1 Å². The monoisotopic (exact) mass is 225 g/mol. The third kappa shape index (κ3) is 1.29. The summed E-state index contributed by atoms with van der Waals surface area (Å²) in [6, 6.07) is 3.67. The predicted molar refractivity (Wildman–Crippen MR) is 61.2 cm³/mol. The quantitative estimate of drug-likeness (QED) is 0.485. The van der Waals surface area contributed by atoms with Crippen LogP contribution in [0.15, 0.2) is 17.5 Å². The summed E-state index contributed by atoms with van der Waals surface area (Å²) in [4.78, 5) is 10.8. The highest BCUT2D eigenvalue weighted by atomic mass is 35.5. The molecule has 1 aromatic carbocycles. The van der Waals surface area contributed by atoms with Crippen molar-refractivity contribution in [1.29, 1.82) is 0 Å². The topological polar surface area (TPSA) is 43.1 Å². The van der Waals surface area contributed by atoms with Gasteiger partial charge in [0.05, 0.1) is 0 Å². The van der Waals surface area contributed by atoms with Gasteiger partial charge in [0.2, 0.25) is 0 Å². The number of carbonyl (C=O) groups is 1. The van der Waals surface area contributed by atoms with E-state index in [1.807, 2.05) is 11.4 Å². The lowest BCUT2D eigenvalue weighted by atomic mass is 10.1. The Morgan fingerprint density at radius 2 is 2.36 bits per heavy atom. The first-order valence-corrected chi connectivity index (χ1v) is 5.49. The highest BCUT2D eigenvalue weighted by Gasteiger charge is 2.09. The fourth-order valence-corrected chi connectivity index (χ4v) is 2.70. The first-order chi connectivity index (χ1) is 6.77. The lowest BCUT2D eigenvalue weighted by molar-refractivity contribution is 0.112. The number of nitrogens with two attached hydrogens (primary N) is 1. The van der Waals surface area contributed by atoms with E-state index in [1.54, 1.807) is 17.4 Å². The number of rotatable bonds is 2. The lowest BCUT2D eigenvalue weighted by Crippen LogP contribution is -1.95. The normalized spacial score (nSPS) is 10.6. The van der Waals surface area contributed by atoms with Crippen molar-refractivity contribution >= 4 is 45.0 Å². The van der Waals surface area contributed by atoms with E-state index >= 15 is 0 Å². The number of benzene rings is 1. The second kappa shape index (κ2) is 3.59. The van der Waals surface area contributed by atoms with Crippen LogP contribution < -0.4 is 5.73 Å². The van der Waals surface area contributed by atoms with Crippen molar-refractivity contribution in [1.82, 2.24) is 0 Å². The maximum Gasteiger partial charge on any atom is 0.152 e. The number of hydrogen-bond donors (Lipinski definition) is 1. The van der Waals surface area contributed by atoms with Crippen molar-refractivity contribution < 1.29 is 4.79 Å². The minimum atomic E-state index is 0.417. The van der Waals surface area contributed by atoms with Gasteiger partial charge in [0, 0.05) is 27.2 Å². The summed E-state index contributed by atoms with van der Waals surface area (Å²) in [5.74, 6) is 0.417. The highest BCUT2D eigenvalue weighted by molar-refractivity contribution is 7.17. The molecule has 14 heavy (non-hydrogen) atoms. The predicted octanol–water partition coefficient (Wildman–Crippen LogP) is 3.03. The third-order valence-electron chi connectivity index (χ3n) is 2.15. The van der Waals surface area contributed by atoms with Crippen LogP contribution in [0.2, 0.25) is 0 Å². The average Bonchev–Trinajstić information content (AvgIpc) is 2.65. The maximum absolute atomic E-state index is 10.8. The molecule has 2 N–H and O–H groups in total. The van der Waals surface area contributed by atoms with Crippen molar-refractivity contribution in [3.05, 3.63) is 28.6 Å². The van der Waals surface area contributed by atoms with E-state index < -0.39 is 0 Å². The SMILES string of the molecule is Nc1cc(CCl)c2sccc2c1C=O. The Labute approximate surface area is 90.3 Å². The molecule has 0 atom stereocenters. The van der Waals surface area contributed by atoms with Crippen LogP contribution in [0, 0.1) is 0 Å². The van der Waals surface area contributed by atoms with Crippen LogP contribution in [0.5, 0.6) is 0 Å². The van der Waals surface area contributed by atoms with E-state index in [0.29, 0.717) is 17.1 Å². The molecule has 0 aliphatic carbocycles. The van der Waals surface area contributed by atoms with Gasteiger partial charge < -0.3 is 5.73 Å². The molecule has 2 nitrogen and oxygen atoms in total. The molecule has 0 fully saturated rings. The molecule has 1 heterocycles. The van der Waals surface area contributed by atoms with Crippen molar-refractivity contribution in [3.63, 3.8) is 0 Å². The van der Waals surface area contributed by atoms with E-state index in [9.17, 15) is 4.79 Å². The van der Waals surface area contributed by atoms with Crippen molar-refractivity contribution in [2.24, 2.45) is 0 Å². The van der Waals surface area contributed by atoms with Gasteiger partial charge in [0.15, 0.2) is 6.29 Å². The maximum atomic E-state index is 10.8. The van der Waals surface area contributed by atoms with Gasteiger partial charge in [0.25, 0.3) is 0 Å². The third-order valence-corrected chi connectivity index (χ3v) is 3.43. The Morgan fingerprint density at radius 3 is 3.00 bits per heavy atom. The summed E-state index contributed by atoms with van der Waals surface area (Å²) < 4.78 is 1.05. The van der Waals surface area contributed by atoms with Crippen LogP contribution >= 0.6 is 22.9 Å². The van der Waals surface area contributed by atoms with Crippen LogP contribution in [-0.2, 0) is 5.88 Å². The molecular formula is C10H8ClNOS. The molecule has 2 rings (SSSR count). The standard InChI is InChI=1S/C10H8ClNOS/c11-4-6-3-9(12)8(5-13)7-1-2-14-10(6)7/h1-3,5H,4,12H2. The first kappa shape index (κ1) is 9.49. The number of nitrogen functional groups attached to an aromatic ring is 1. The second-order valence-electron chi connectivity index (χ2n) is 2.95. The van der Waals surface area contributed by atoms with Crippen molar-refractivity contribution in [3.8, 4) is 0 Å². The summed E-state index contributed by atoms with van der Waals surface area (Å²) in [7, 11) is 0. The number of carbonyl (C=O) groups excluding carboxylic acids is 1. The van der Waals surface area contributed by atoms with E-state index in [2.05, 4.69) is 0 Å². The van der Waals surface area contributed by atoms with Crippen LogP contribution in [0.25, 0.3) is 10.1 Å². The molecule has 0 aliphatic heterocycles.